The fourth-order valence-electron chi connectivity index (χ4n) is 1.68. The number of benzene rings is 2. The van der Waals surface area contributed by atoms with Crippen molar-refractivity contribution >= 4 is 23.7 Å². The minimum absolute atomic E-state index is 0. The summed E-state index contributed by atoms with van der Waals surface area (Å²) in [6.45, 7) is 4.33. The van der Waals surface area contributed by atoms with Crippen molar-refractivity contribution in [3.63, 3.8) is 0 Å². The van der Waals surface area contributed by atoms with Crippen molar-refractivity contribution in [2.24, 2.45) is 0 Å². The van der Waals surface area contributed by atoms with Crippen LogP contribution in [0.5, 0.6) is 0 Å². The Morgan fingerprint density at radius 2 is 1.40 bits per heavy atom. The predicted octanol–water partition coefficient (Wildman–Crippen LogP) is 3.59. The summed E-state index contributed by atoms with van der Waals surface area (Å²) in [7, 11) is 0. The first-order valence-corrected chi connectivity index (χ1v) is 4.90. The molecule has 0 heterocycles. The van der Waals surface area contributed by atoms with E-state index in [1.54, 1.807) is 0 Å². The Kier molecular flexibility index (Phi) is 4.39. The van der Waals surface area contributed by atoms with Crippen molar-refractivity contribution in [2.75, 3.05) is 0 Å². The third-order valence-corrected chi connectivity index (χ3v) is 2.69. The quantitative estimate of drug-likeness (QED) is 0.706. The number of hydrogen-bond acceptors (Lipinski definition) is 0. The van der Waals surface area contributed by atoms with E-state index in [1.807, 2.05) is 0 Å². The molecule has 0 nitrogen and oxygen atoms in total. The van der Waals surface area contributed by atoms with Crippen LogP contribution >= 0.6 is 0 Å². The molecule has 0 N–H and O–H groups in total. The summed E-state index contributed by atoms with van der Waals surface area (Å²) < 4.78 is 0. The van der Waals surface area contributed by atoms with Gasteiger partial charge in [-0.05, 0) is 36.1 Å². The van der Waals surface area contributed by atoms with E-state index in [2.05, 4.69) is 62.4 Å². The fourth-order valence-corrected chi connectivity index (χ4v) is 1.68. The van der Waals surface area contributed by atoms with E-state index in [9.17, 15) is 0 Å². The molecule has 2 rings (SSSR count). The van der Waals surface area contributed by atoms with Gasteiger partial charge in [0.05, 0.1) is 0 Å². The molecule has 0 fully saturated rings. The van der Waals surface area contributed by atoms with E-state index >= 15 is 0 Å². The fraction of sp³-hybridized carbons (Fsp3) is 0.143. The van der Waals surface area contributed by atoms with Gasteiger partial charge in [-0.25, -0.2) is 0 Å². The van der Waals surface area contributed by atoms with Crippen LogP contribution < -0.4 is 0 Å². The average molecular weight is 310 g/mol. The van der Waals surface area contributed by atoms with Crippen molar-refractivity contribution in [3.8, 4) is 11.1 Å². The first kappa shape index (κ1) is 12.3. The molecule has 0 amide bonds. The Morgan fingerprint density at radius 3 is 2.07 bits per heavy atom. The topological polar surface area (TPSA) is 0 Å². The molecule has 2 radical (unpaired) electrons. The predicted molar refractivity (Wildman–Crippen MR) is 67.1 cm³/mol. The molecular formula is C14H14Te. The van der Waals surface area contributed by atoms with Gasteiger partial charge < -0.3 is 0 Å². The van der Waals surface area contributed by atoms with Crippen LogP contribution in [-0.2, 0) is 0 Å². The van der Waals surface area contributed by atoms with Crippen molar-refractivity contribution < 1.29 is 0 Å². The number of rotatable bonds is 1. The van der Waals surface area contributed by atoms with Gasteiger partial charge in [-0.2, -0.15) is 0 Å². The molecule has 0 saturated heterocycles. The average Bonchev–Trinajstić information content (AvgIpc) is 2.23. The summed E-state index contributed by atoms with van der Waals surface area (Å²) >= 11 is 0. The van der Waals surface area contributed by atoms with Gasteiger partial charge in [0.15, 0.2) is 0 Å². The van der Waals surface area contributed by atoms with Crippen LogP contribution in [0.4, 0.5) is 0 Å². The Hall–Kier alpha value is -0.770. The zero-order valence-corrected chi connectivity index (χ0v) is 11.4. The molecule has 76 valence electrons. The molecule has 0 aliphatic rings. The first-order chi connectivity index (χ1) is 6.79. The van der Waals surface area contributed by atoms with E-state index in [4.69, 9.17) is 0 Å². The smallest absolute Gasteiger partial charge is 0 e. The van der Waals surface area contributed by atoms with Gasteiger partial charge in [0.1, 0.15) is 0 Å². The van der Waals surface area contributed by atoms with E-state index < -0.39 is 0 Å². The Labute approximate surface area is 108 Å². The molecule has 2 aromatic rings. The van der Waals surface area contributed by atoms with Gasteiger partial charge in [-0.15, -0.1) is 0 Å². The summed E-state index contributed by atoms with van der Waals surface area (Å²) in [6.07, 6.45) is 0. The molecule has 2 aromatic carbocycles. The summed E-state index contributed by atoms with van der Waals surface area (Å²) in [6, 6.07) is 17.0. The van der Waals surface area contributed by atoms with Crippen molar-refractivity contribution in [1.82, 2.24) is 0 Å². The third-order valence-electron chi connectivity index (χ3n) is 2.69. The SMILES string of the molecule is Cc1cccc(-c2ccccc2)c1C.[Te]. The Morgan fingerprint density at radius 1 is 0.733 bits per heavy atom. The zero-order chi connectivity index (χ0) is 9.97. The summed E-state index contributed by atoms with van der Waals surface area (Å²) in [4.78, 5) is 0. The van der Waals surface area contributed by atoms with E-state index in [0.29, 0.717) is 0 Å². The van der Waals surface area contributed by atoms with E-state index in [-0.39, 0.29) is 23.7 Å². The number of aryl methyl sites for hydroxylation is 1. The third kappa shape index (κ3) is 2.62. The van der Waals surface area contributed by atoms with Crippen molar-refractivity contribution in [2.45, 2.75) is 13.8 Å². The molecule has 0 aliphatic carbocycles. The first-order valence-electron chi connectivity index (χ1n) is 4.90. The standard InChI is InChI=1S/C14H14.Te/c1-11-7-6-10-14(12(11)2)13-8-4-3-5-9-13;/h3-10H,1-2H3;. The largest absolute Gasteiger partial charge is 0.0622 e. The van der Waals surface area contributed by atoms with Gasteiger partial charge in [-0.3, -0.25) is 0 Å². The molecule has 15 heavy (non-hydrogen) atoms. The minimum Gasteiger partial charge on any atom is -0.0622 e. The van der Waals surface area contributed by atoms with Crippen LogP contribution in [0.3, 0.4) is 0 Å². The second-order valence-corrected chi connectivity index (χ2v) is 3.61. The second kappa shape index (κ2) is 5.35. The maximum absolute atomic E-state index is 2.18. The summed E-state index contributed by atoms with van der Waals surface area (Å²) in [5.41, 5.74) is 5.37. The van der Waals surface area contributed by atoms with Gasteiger partial charge in [-0.1, -0.05) is 48.5 Å². The minimum atomic E-state index is 0. The van der Waals surface area contributed by atoms with Crippen LogP contribution in [0, 0.1) is 13.8 Å². The van der Waals surface area contributed by atoms with Crippen LogP contribution in [0.1, 0.15) is 11.1 Å². The molecule has 0 spiro atoms. The van der Waals surface area contributed by atoms with Gasteiger partial charge >= 0.3 is 0 Å². The van der Waals surface area contributed by atoms with Gasteiger partial charge in [0.2, 0.25) is 0 Å². The summed E-state index contributed by atoms with van der Waals surface area (Å²) in [5, 5.41) is 0. The van der Waals surface area contributed by atoms with E-state index in [0.717, 1.165) is 0 Å². The van der Waals surface area contributed by atoms with Crippen LogP contribution in [-0.4, -0.2) is 23.7 Å². The van der Waals surface area contributed by atoms with Gasteiger partial charge in [0, 0.05) is 23.7 Å². The molecule has 0 saturated carbocycles. The van der Waals surface area contributed by atoms with Crippen molar-refractivity contribution in [3.05, 3.63) is 59.7 Å². The number of hydrogen-bond donors (Lipinski definition) is 0. The Bertz CT molecular complexity index is 432. The maximum atomic E-state index is 2.18. The molecule has 0 atom stereocenters. The van der Waals surface area contributed by atoms with Crippen LogP contribution in [0.15, 0.2) is 48.5 Å². The van der Waals surface area contributed by atoms with Gasteiger partial charge in [0.25, 0.3) is 0 Å². The van der Waals surface area contributed by atoms with Crippen molar-refractivity contribution in [1.29, 1.82) is 0 Å². The van der Waals surface area contributed by atoms with Crippen LogP contribution in [0.2, 0.25) is 0 Å². The molecule has 0 unspecified atom stereocenters. The molecule has 0 aromatic heterocycles. The molecular weight excluding hydrogens is 296 g/mol. The van der Waals surface area contributed by atoms with E-state index in [1.165, 1.54) is 22.3 Å². The zero-order valence-electron chi connectivity index (χ0n) is 9.03. The Balaban J connectivity index is 0.00000112. The second-order valence-electron chi connectivity index (χ2n) is 3.61. The normalized spacial score (nSPS) is 9.47. The molecule has 1 heteroatoms. The monoisotopic (exact) mass is 312 g/mol. The summed E-state index contributed by atoms with van der Waals surface area (Å²) in [5.74, 6) is 0. The van der Waals surface area contributed by atoms with Crippen LogP contribution in [0.25, 0.3) is 11.1 Å². The molecule has 0 bridgehead atoms. The molecule has 0 aliphatic heterocycles. The maximum Gasteiger partial charge on any atom is 0 e.